The molecule has 0 aliphatic heterocycles. The van der Waals surface area contributed by atoms with Crippen molar-refractivity contribution in [2.75, 3.05) is 0 Å². The highest BCUT2D eigenvalue weighted by atomic mass is 127. The van der Waals surface area contributed by atoms with Crippen LogP contribution >= 0.6 is 22.6 Å². The number of amides is 1. The van der Waals surface area contributed by atoms with Gasteiger partial charge in [0.1, 0.15) is 0 Å². The number of hydroxylamine groups is 1. The summed E-state index contributed by atoms with van der Waals surface area (Å²) >= 11 is 1.89. The lowest BCUT2D eigenvalue weighted by Crippen LogP contribution is -2.31. The van der Waals surface area contributed by atoms with Gasteiger partial charge in [0, 0.05) is 5.92 Å². The van der Waals surface area contributed by atoms with Crippen LogP contribution in [0.4, 0.5) is 4.79 Å². The second-order valence-corrected chi connectivity index (χ2v) is 4.39. The quantitative estimate of drug-likeness (QED) is 0.364. The number of alkyl halides is 1. The van der Waals surface area contributed by atoms with Crippen molar-refractivity contribution in [2.45, 2.75) is 24.9 Å². The van der Waals surface area contributed by atoms with Gasteiger partial charge in [-0.1, -0.05) is 13.8 Å². The Balaban J connectivity index is 3.64. The average molecular weight is 301 g/mol. The first-order valence-electron chi connectivity index (χ1n) is 3.75. The fourth-order valence-electron chi connectivity index (χ4n) is 0.366. The molecule has 0 bridgehead atoms. The van der Waals surface area contributed by atoms with Crippen LogP contribution < -0.4 is 5.48 Å². The highest BCUT2D eigenvalue weighted by molar-refractivity contribution is 14.1. The highest BCUT2D eigenvalue weighted by Crippen LogP contribution is 2.01. The summed E-state index contributed by atoms with van der Waals surface area (Å²) in [6.45, 7) is 5.04. The third-order valence-electron chi connectivity index (χ3n) is 1.02. The molecule has 1 N–H and O–H groups in total. The molecule has 0 saturated heterocycles. The number of halogens is 1. The zero-order valence-corrected chi connectivity index (χ0v) is 9.82. The fraction of sp³-hybridized carbons (Fsp3) is 0.714. The van der Waals surface area contributed by atoms with E-state index in [0.717, 1.165) is 0 Å². The van der Waals surface area contributed by atoms with Crippen LogP contribution in [0.25, 0.3) is 0 Å². The van der Waals surface area contributed by atoms with Gasteiger partial charge < -0.3 is 9.57 Å². The molecule has 0 fully saturated rings. The van der Waals surface area contributed by atoms with E-state index < -0.39 is 6.16 Å². The number of rotatable bonds is 2. The van der Waals surface area contributed by atoms with Crippen molar-refractivity contribution in [1.29, 1.82) is 0 Å². The average Bonchev–Trinajstić information content (AvgIpc) is 1.98. The largest absolute Gasteiger partial charge is 0.534 e. The maximum Gasteiger partial charge on any atom is 0.534 e. The van der Waals surface area contributed by atoms with Gasteiger partial charge in [-0.05, 0) is 29.5 Å². The number of hydrogen-bond acceptors (Lipinski definition) is 4. The predicted octanol–water partition coefficient (Wildman–Crippen LogP) is 1.61. The Hall–Kier alpha value is -0.530. The Morgan fingerprint density at radius 3 is 2.23 bits per heavy atom. The molecule has 0 heterocycles. The van der Waals surface area contributed by atoms with Crippen molar-refractivity contribution in [2.24, 2.45) is 5.92 Å². The van der Waals surface area contributed by atoms with Crippen LogP contribution in [0.3, 0.4) is 0 Å². The summed E-state index contributed by atoms with van der Waals surface area (Å²) in [7, 11) is 0. The van der Waals surface area contributed by atoms with E-state index in [0.29, 0.717) is 0 Å². The minimum Gasteiger partial charge on any atom is -0.419 e. The maximum atomic E-state index is 10.9. The van der Waals surface area contributed by atoms with Crippen molar-refractivity contribution in [3.05, 3.63) is 0 Å². The van der Waals surface area contributed by atoms with Crippen LogP contribution in [0.5, 0.6) is 0 Å². The van der Waals surface area contributed by atoms with Crippen molar-refractivity contribution in [1.82, 2.24) is 5.48 Å². The number of carbonyl (C=O) groups excluding carboxylic acids is 2. The molecule has 1 amide bonds. The summed E-state index contributed by atoms with van der Waals surface area (Å²) in [4.78, 5) is 25.9. The molecule has 0 rings (SSSR count). The van der Waals surface area contributed by atoms with E-state index in [1.54, 1.807) is 20.8 Å². The number of carbonyl (C=O) groups is 2. The molecule has 6 heteroatoms. The lowest BCUT2D eigenvalue weighted by molar-refractivity contribution is -0.134. The normalized spacial score (nSPS) is 12.1. The van der Waals surface area contributed by atoms with Gasteiger partial charge in [-0.25, -0.2) is 4.79 Å². The van der Waals surface area contributed by atoms with E-state index in [4.69, 9.17) is 0 Å². The first-order valence-corrected chi connectivity index (χ1v) is 4.99. The first kappa shape index (κ1) is 12.5. The fourth-order valence-corrected chi connectivity index (χ4v) is 0.574. The molecule has 0 saturated carbocycles. The molecule has 0 aliphatic rings. The molecule has 76 valence electrons. The predicted molar refractivity (Wildman–Crippen MR) is 54.0 cm³/mol. The summed E-state index contributed by atoms with van der Waals surface area (Å²) in [5.74, 6) is -0.595. The van der Waals surface area contributed by atoms with Crippen molar-refractivity contribution < 1.29 is 19.2 Å². The molecule has 0 aliphatic carbocycles. The number of nitrogens with one attached hydrogen (secondary N) is 1. The molecule has 0 aromatic carbocycles. The molecular formula is C7H12INO4. The Morgan fingerprint density at radius 2 is 1.85 bits per heavy atom. The topological polar surface area (TPSA) is 64.6 Å². The third kappa shape index (κ3) is 6.62. The van der Waals surface area contributed by atoms with Gasteiger partial charge in [0.2, 0.25) is 0 Å². The molecule has 0 aromatic rings. The number of ether oxygens (including phenoxy) is 1. The summed E-state index contributed by atoms with van der Waals surface area (Å²) < 4.78 is 4.30. The van der Waals surface area contributed by atoms with Gasteiger partial charge in [0.15, 0.2) is 4.11 Å². The van der Waals surface area contributed by atoms with Crippen LogP contribution in [0.15, 0.2) is 0 Å². The van der Waals surface area contributed by atoms with E-state index in [1.807, 2.05) is 28.1 Å². The summed E-state index contributed by atoms with van der Waals surface area (Å²) in [5.41, 5.74) is 1.97. The Bertz CT molecular complexity index is 193. The second-order valence-electron chi connectivity index (χ2n) is 2.63. The van der Waals surface area contributed by atoms with Crippen LogP contribution in [0.2, 0.25) is 0 Å². The molecule has 1 atom stereocenters. The van der Waals surface area contributed by atoms with Crippen LogP contribution in [-0.4, -0.2) is 16.2 Å². The lowest BCUT2D eigenvalue weighted by atomic mass is 10.2. The van der Waals surface area contributed by atoms with Crippen molar-refractivity contribution in [3.63, 3.8) is 0 Å². The van der Waals surface area contributed by atoms with Crippen molar-refractivity contribution >= 4 is 34.7 Å². The standard InChI is InChI=1S/C7H12INO4/c1-4(2)6(10)9-13-7(11)12-5(3)8/h4-5H,1-3H3,(H,9,10). The SMILES string of the molecule is CC(I)OC(=O)ONC(=O)C(C)C. The van der Waals surface area contributed by atoms with E-state index in [-0.39, 0.29) is 15.9 Å². The minimum atomic E-state index is -0.907. The Labute approximate surface area is 90.2 Å². The number of hydrogen-bond donors (Lipinski definition) is 1. The van der Waals surface area contributed by atoms with E-state index >= 15 is 0 Å². The monoisotopic (exact) mass is 301 g/mol. The Morgan fingerprint density at radius 1 is 1.31 bits per heavy atom. The summed E-state index contributed by atoms with van der Waals surface area (Å²) in [6, 6.07) is 0. The molecule has 13 heavy (non-hydrogen) atoms. The minimum absolute atomic E-state index is 0.232. The van der Waals surface area contributed by atoms with Crippen LogP contribution in [0.1, 0.15) is 20.8 Å². The van der Waals surface area contributed by atoms with E-state index in [9.17, 15) is 9.59 Å². The second kappa shape index (κ2) is 6.01. The molecule has 1 unspecified atom stereocenters. The zero-order valence-electron chi connectivity index (χ0n) is 7.67. The maximum absolute atomic E-state index is 10.9. The summed E-state index contributed by atoms with van der Waals surface area (Å²) in [6.07, 6.45) is -0.907. The van der Waals surface area contributed by atoms with E-state index in [1.165, 1.54) is 0 Å². The summed E-state index contributed by atoms with van der Waals surface area (Å²) in [5, 5.41) is 0. The molecular weight excluding hydrogens is 289 g/mol. The Kier molecular flexibility index (Phi) is 5.76. The van der Waals surface area contributed by atoms with Gasteiger partial charge in [0.25, 0.3) is 5.91 Å². The van der Waals surface area contributed by atoms with Gasteiger partial charge in [-0.15, -0.1) is 0 Å². The van der Waals surface area contributed by atoms with Gasteiger partial charge in [-0.2, -0.15) is 5.48 Å². The molecule has 5 nitrogen and oxygen atoms in total. The molecule has 0 spiro atoms. The highest BCUT2D eigenvalue weighted by Gasteiger charge is 2.12. The molecule has 0 aromatic heterocycles. The van der Waals surface area contributed by atoms with E-state index in [2.05, 4.69) is 9.57 Å². The first-order chi connectivity index (χ1) is 5.93. The smallest absolute Gasteiger partial charge is 0.419 e. The van der Waals surface area contributed by atoms with Gasteiger partial charge in [0.05, 0.1) is 0 Å². The van der Waals surface area contributed by atoms with Crippen molar-refractivity contribution in [3.8, 4) is 0 Å². The molecule has 0 radical (unpaired) electrons. The third-order valence-corrected chi connectivity index (χ3v) is 1.27. The van der Waals surface area contributed by atoms with Crippen LogP contribution in [0, 0.1) is 5.92 Å². The zero-order chi connectivity index (χ0) is 10.4. The van der Waals surface area contributed by atoms with Gasteiger partial charge in [-0.3, -0.25) is 4.79 Å². The van der Waals surface area contributed by atoms with Gasteiger partial charge >= 0.3 is 6.16 Å². The van der Waals surface area contributed by atoms with Crippen LogP contribution in [-0.2, 0) is 14.4 Å². The lowest BCUT2D eigenvalue weighted by Gasteiger charge is -2.08.